The lowest BCUT2D eigenvalue weighted by Crippen LogP contribution is -2.46. The van der Waals surface area contributed by atoms with Crippen molar-refractivity contribution in [3.63, 3.8) is 0 Å². The van der Waals surface area contributed by atoms with E-state index < -0.39 is 0 Å². The summed E-state index contributed by atoms with van der Waals surface area (Å²) in [4.78, 5) is 23.9. The molecular formula is C20H26O3. The SMILES string of the molecule is CC12CCC3C4CCC(=O)C=C4C=CC3C1CCC2C(=O)CO. The largest absolute Gasteiger partial charge is 0.389 e. The fraction of sp³-hybridized carbons (Fsp3) is 0.700. The first-order valence-corrected chi connectivity index (χ1v) is 9.11. The van der Waals surface area contributed by atoms with E-state index >= 15 is 0 Å². The molecule has 124 valence electrons. The molecule has 0 heterocycles. The monoisotopic (exact) mass is 314 g/mol. The van der Waals surface area contributed by atoms with Gasteiger partial charge in [0.2, 0.25) is 0 Å². The summed E-state index contributed by atoms with van der Waals surface area (Å²) in [6, 6.07) is 0. The number of allylic oxidation sites excluding steroid dienone is 4. The van der Waals surface area contributed by atoms with E-state index in [-0.39, 0.29) is 29.5 Å². The maximum atomic E-state index is 12.2. The third-order valence-electron chi connectivity index (χ3n) is 7.41. The highest BCUT2D eigenvalue weighted by molar-refractivity contribution is 5.92. The highest BCUT2D eigenvalue weighted by Crippen LogP contribution is 2.62. The van der Waals surface area contributed by atoms with E-state index in [1.54, 1.807) is 0 Å². The molecule has 23 heavy (non-hydrogen) atoms. The minimum absolute atomic E-state index is 0.0386. The van der Waals surface area contributed by atoms with E-state index in [2.05, 4.69) is 19.1 Å². The smallest absolute Gasteiger partial charge is 0.161 e. The van der Waals surface area contributed by atoms with Crippen LogP contribution in [-0.4, -0.2) is 23.3 Å². The van der Waals surface area contributed by atoms with E-state index in [1.807, 2.05) is 6.08 Å². The summed E-state index contributed by atoms with van der Waals surface area (Å²) in [5.74, 6) is 2.63. The lowest BCUT2D eigenvalue weighted by atomic mass is 9.52. The molecule has 3 nitrogen and oxygen atoms in total. The number of Topliss-reactive ketones (excluding diaryl/α,β-unsaturated/α-hetero) is 1. The Kier molecular flexibility index (Phi) is 3.60. The average Bonchev–Trinajstić information content (AvgIpc) is 2.90. The lowest BCUT2D eigenvalue weighted by Gasteiger charge is -2.51. The summed E-state index contributed by atoms with van der Waals surface area (Å²) in [7, 11) is 0. The number of carbonyl (C=O) groups excluding carboxylic acids is 2. The zero-order valence-electron chi connectivity index (χ0n) is 13.8. The van der Waals surface area contributed by atoms with E-state index in [0.29, 0.717) is 30.1 Å². The molecule has 0 spiro atoms. The van der Waals surface area contributed by atoms with Crippen LogP contribution in [0.2, 0.25) is 0 Å². The molecule has 0 amide bonds. The van der Waals surface area contributed by atoms with Crippen molar-refractivity contribution in [1.82, 2.24) is 0 Å². The Balaban J connectivity index is 1.65. The van der Waals surface area contributed by atoms with Crippen molar-refractivity contribution in [2.45, 2.75) is 45.4 Å². The highest BCUT2D eigenvalue weighted by Gasteiger charge is 2.56. The van der Waals surface area contributed by atoms with E-state index in [0.717, 1.165) is 32.1 Å². The molecule has 0 radical (unpaired) electrons. The zero-order chi connectivity index (χ0) is 16.2. The van der Waals surface area contributed by atoms with Crippen molar-refractivity contribution in [2.75, 3.05) is 6.61 Å². The fourth-order valence-corrected chi connectivity index (χ4v) is 6.29. The Bertz CT molecular complexity index is 602. The molecule has 6 unspecified atom stereocenters. The number of rotatable bonds is 2. The second-order valence-corrected chi connectivity index (χ2v) is 8.26. The lowest BCUT2D eigenvalue weighted by molar-refractivity contribution is -0.131. The Morgan fingerprint density at radius 1 is 1.30 bits per heavy atom. The van der Waals surface area contributed by atoms with Gasteiger partial charge in [-0.3, -0.25) is 9.59 Å². The molecule has 0 bridgehead atoms. The molecule has 0 aliphatic heterocycles. The molecule has 0 aromatic rings. The number of hydrogen-bond acceptors (Lipinski definition) is 3. The van der Waals surface area contributed by atoms with Crippen LogP contribution in [0.4, 0.5) is 0 Å². The highest BCUT2D eigenvalue weighted by atomic mass is 16.3. The van der Waals surface area contributed by atoms with Crippen LogP contribution in [0.15, 0.2) is 23.8 Å². The summed E-state index contributed by atoms with van der Waals surface area (Å²) in [6.45, 7) is 1.97. The zero-order valence-corrected chi connectivity index (χ0v) is 13.8. The normalized spacial score (nSPS) is 45.0. The quantitative estimate of drug-likeness (QED) is 0.852. The predicted molar refractivity (Wildman–Crippen MR) is 87.6 cm³/mol. The van der Waals surface area contributed by atoms with Gasteiger partial charge < -0.3 is 5.11 Å². The van der Waals surface area contributed by atoms with Gasteiger partial charge in [-0.25, -0.2) is 0 Å². The molecule has 2 saturated carbocycles. The predicted octanol–water partition coefficient (Wildman–Crippen LogP) is 3.08. The number of aliphatic hydroxyl groups excluding tert-OH is 1. The third kappa shape index (κ3) is 2.20. The first-order valence-electron chi connectivity index (χ1n) is 9.11. The molecule has 4 aliphatic rings. The minimum Gasteiger partial charge on any atom is -0.389 e. The van der Waals surface area contributed by atoms with Crippen LogP contribution in [0.25, 0.3) is 0 Å². The van der Waals surface area contributed by atoms with Gasteiger partial charge in [0.05, 0.1) is 0 Å². The topological polar surface area (TPSA) is 54.4 Å². The van der Waals surface area contributed by atoms with Crippen LogP contribution in [0.3, 0.4) is 0 Å². The van der Waals surface area contributed by atoms with Crippen molar-refractivity contribution in [3.8, 4) is 0 Å². The number of hydrogen-bond donors (Lipinski definition) is 1. The Morgan fingerprint density at radius 3 is 2.91 bits per heavy atom. The van der Waals surface area contributed by atoms with Crippen LogP contribution < -0.4 is 0 Å². The van der Waals surface area contributed by atoms with Crippen LogP contribution in [0.1, 0.15) is 45.4 Å². The summed E-state index contributed by atoms with van der Waals surface area (Å²) >= 11 is 0. The van der Waals surface area contributed by atoms with Gasteiger partial charge in [-0.15, -0.1) is 0 Å². The maximum absolute atomic E-state index is 12.2. The van der Waals surface area contributed by atoms with Crippen LogP contribution in [0, 0.1) is 35.0 Å². The summed E-state index contributed by atoms with van der Waals surface area (Å²) in [5.41, 5.74) is 1.30. The molecule has 1 N–H and O–H groups in total. The van der Waals surface area contributed by atoms with Crippen LogP contribution >= 0.6 is 0 Å². The summed E-state index contributed by atoms with van der Waals surface area (Å²) < 4.78 is 0. The number of fused-ring (bicyclic) bond motifs is 5. The second kappa shape index (κ2) is 5.41. The van der Waals surface area contributed by atoms with Crippen molar-refractivity contribution in [2.24, 2.45) is 35.0 Å². The van der Waals surface area contributed by atoms with Gasteiger partial charge in [0.15, 0.2) is 11.6 Å². The number of carbonyl (C=O) groups is 2. The van der Waals surface area contributed by atoms with E-state index in [4.69, 9.17) is 0 Å². The molecule has 2 fully saturated rings. The van der Waals surface area contributed by atoms with Gasteiger partial charge in [0, 0.05) is 12.3 Å². The standard InChI is InChI=1S/C20H26O3/c1-20-9-8-15-14-5-3-13(22)10-12(14)2-4-16(15)17(20)6-7-18(20)19(23)11-21/h2,4,10,14-18,21H,3,5-9,11H2,1H3. The minimum atomic E-state index is -0.311. The van der Waals surface area contributed by atoms with Crippen LogP contribution in [-0.2, 0) is 9.59 Å². The fourth-order valence-electron chi connectivity index (χ4n) is 6.29. The number of aliphatic hydroxyl groups is 1. The molecule has 0 saturated heterocycles. The molecule has 4 rings (SSSR count). The molecule has 0 aromatic carbocycles. The van der Waals surface area contributed by atoms with Crippen molar-refractivity contribution in [3.05, 3.63) is 23.8 Å². The van der Waals surface area contributed by atoms with Gasteiger partial charge >= 0.3 is 0 Å². The summed E-state index contributed by atoms with van der Waals surface area (Å²) in [5, 5.41) is 9.31. The van der Waals surface area contributed by atoms with Gasteiger partial charge in [-0.1, -0.05) is 19.1 Å². The Labute approximate surface area is 137 Å². The average molecular weight is 314 g/mol. The van der Waals surface area contributed by atoms with Crippen LogP contribution in [0.5, 0.6) is 0 Å². The van der Waals surface area contributed by atoms with Gasteiger partial charge in [0.25, 0.3) is 0 Å². The molecule has 3 heteroatoms. The maximum Gasteiger partial charge on any atom is 0.161 e. The van der Waals surface area contributed by atoms with Crippen molar-refractivity contribution in [1.29, 1.82) is 0 Å². The Hall–Kier alpha value is -1.22. The first kappa shape index (κ1) is 15.3. The van der Waals surface area contributed by atoms with Gasteiger partial charge in [-0.05, 0) is 72.8 Å². The van der Waals surface area contributed by atoms with Gasteiger partial charge in [0.1, 0.15) is 6.61 Å². The van der Waals surface area contributed by atoms with Gasteiger partial charge in [-0.2, -0.15) is 0 Å². The van der Waals surface area contributed by atoms with E-state index in [9.17, 15) is 14.7 Å². The number of ketones is 2. The Morgan fingerprint density at radius 2 is 2.13 bits per heavy atom. The van der Waals surface area contributed by atoms with E-state index in [1.165, 1.54) is 5.57 Å². The molecular weight excluding hydrogens is 288 g/mol. The second-order valence-electron chi connectivity index (χ2n) is 8.26. The molecule has 4 aliphatic carbocycles. The summed E-state index contributed by atoms with van der Waals surface area (Å²) in [6.07, 6.45) is 12.3. The van der Waals surface area contributed by atoms with Crippen molar-refractivity contribution >= 4 is 11.6 Å². The first-order chi connectivity index (χ1) is 11.0. The molecule has 0 aromatic heterocycles. The van der Waals surface area contributed by atoms with Crippen molar-refractivity contribution < 1.29 is 14.7 Å². The molecule has 6 atom stereocenters. The third-order valence-corrected chi connectivity index (χ3v) is 7.41.